The van der Waals surface area contributed by atoms with Crippen LogP contribution in [0.15, 0.2) is 18.2 Å². The molecule has 0 fully saturated rings. The van der Waals surface area contributed by atoms with Gasteiger partial charge in [0, 0.05) is 29.3 Å². The van der Waals surface area contributed by atoms with Crippen LogP contribution in [0, 0.1) is 0 Å². The van der Waals surface area contributed by atoms with Crippen molar-refractivity contribution >= 4 is 5.91 Å². The van der Waals surface area contributed by atoms with E-state index in [0.29, 0.717) is 12.6 Å². The monoisotopic (exact) mass is 360 g/mol. The fraction of sp³-hybridized carbons (Fsp3) is 0.682. The molecule has 0 aliphatic carbocycles. The first kappa shape index (κ1) is 20.8. The molecule has 1 aromatic carbocycles. The Morgan fingerprint density at radius 3 is 2.27 bits per heavy atom. The van der Waals surface area contributed by atoms with E-state index in [-0.39, 0.29) is 18.0 Å². The van der Waals surface area contributed by atoms with Crippen LogP contribution in [0.25, 0.3) is 0 Å². The van der Waals surface area contributed by atoms with Crippen LogP contribution in [-0.2, 0) is 6.42 Å². The summed E-state index contributed by atoms with van der Waals surface area (Å²) in [6, 6.07) is 6.62. The Labute approximate surface area is 159 Å². The van der Waals surface area contributed by atoms with Crippen molar-refractivity contribution in [2.24, 2.45) is 0 Å². The van der Waals surface area contributed by atoms with Gasteiger partial charge < -0.3 is 9.64 Å². The van der Waals surface area contributed by atoms with Gasteiger partial charge in [-0.05, 0) is 72.2 Å². The Bertz CT molecular complexity index is 584. The molecule has 1 unspecified atom stereocenters. The molecule has 0 bridgehead atoms. The van der Waals surface area contributed by atoms with E-state index in [1.807, 2.05) is 23.1 Å². The molecule has 0 aromatic heterocycles. The average Bonchev–Trinajstić information content (AvgIpc) is 2.59. The molecule has 1 aliphatic heterocycles. The number of carbonyl (C=O) groups is 1. The number of hydrogen-bond donors (Lipinski definition) is 0. The Hall–Kier alpha value is -1.55. The summed E-state index contributed by atoms with van der Waals surface area (Å²) < 4.78 is 6.09. The van der Waals surface area contributed by atoms with Crippen LogP contribution in [0.3, 0.4) is 0 Å². The SMILES string of the molecule is CCCN(CCC)C1COc2cccc(C(=O)N(C(C)C)C(C)C)c2C1. The first-order valence-electron chi connectivity index (χ1n) is 10.2. The van der Waals surface area contributed by atoms with E-state index in [0.717, 1.165) is 49.2 Å². The molecule has 1 atom stereocenters. The van der Waals surface area contributed by atoms with Crippen molar-refractivity contribution in [2.75, 3.05) is 19.7 Å². The van der Waals surface area contributed by atoms with Crippen molar-refractivity contribution in [2.45, 2.75) is 78.9 Å². The summed E-state index contributed by atoms with van der Waals surface area (Å²) in [6.07, 6.45) is 3.16. The summed E-state index contributed by atoms with van der Waals surface area (Å²) in [4.78, 5) is 17.8. The lowest BCUT2D eigenvalue weighted by atomic mass is 9.94. The van der Waals surface area contributed by atoms with Gasteiger partial charge >= 0.3 is 0 Å². The maximum atomic E-state index is 13.3. The summed E-state index contributed by atoms with van der Waals surface area (Å²) in [7, 11) is 0. The number of fused-ring (bicyclic) bond motifs is 1. The lowest BCUT2D eigenvalue weighted by molar-refractivity contribution is 0.0637. The highest BCUT2D eigenvalue weighted by molar-refractivity contribution is 5.96. The average molecular weight is 361 g/mol. The molecule has 146 valence electrons. The van der Waals surface area contributed by atoms with Gasteiger partial charge in [-0.2, -0.15) is 0 Å². The number of amides is 1. The van der Waals surface area contributed by atoms with Gasteiger partial charge in [0.2, 0.25) is 0 Å². The normalized spacial score (nSPS) is 16.7. The molecule has 4 heteroatoms. The highest BCUT2D eigenvalue weighted by atomic mass is 16.5. The number of ether oxygens (including phenoxy) is 1. The van der Waals surface area contributed by atoms with Crippen LogP contribution >= 0.6 is 0 Å². The van der Waals surface area contributed by atoms with Crippen molar-refractivity contribution in [1.82, 2.24) is 9.80 Å². The van der Waals surface area contributed by atoms with E-state index in [9.17, 15) is 4.79 Å². The van der Waals surface area contributed by atoms with Gasteiger partial charge in [-0.1, -0.05) is 19.9 Å². The Balaban J connectivity index is 2.32. The molecule has 1 heterocycles. The Kier molecular flexibility index (Phi) is 7.51. The zero-order chi connectivity index (χ0) is 19.3. The summed E-state index contributed by atoms with van der Waals surface area (Å²) >= 11 is 0. The van der Waals surface area contributed by atoms with E-state index in [4.69, 9.17) is 4.74 Å². The molecular weight excluding hydrogens is 324 g/mol. The number of hydrogen-bond acceptors (Lipinski definition) is 3. The molecule has 2 rings (SSSR count). The first-order chi connectivity index (χ1) is 12.4. The van der Waals surface area contributed by atoms with Crippen LogP contribution in [0.1, 0.15) is 70.3 Å². The molecule has 0 saturated heterocycles. The second-order valence-corrected chi connectivity index (χ2v) is 7.89. The highest BCUT2D eigenvalue weighted by Crippen LogP contribution is 2.31. The van der Waals surface area contributed by atoms with Crippen molar-refractivity contribution < 1.29 is 9.53 Å². The van der Waals surface area contributed by atoms with Crippen LogP contribution in [0.5, 0.6) is 5.75 Å². The predicted octanol–water partition coefficient (Wildman–Crippen LogP) is 4.37. The van der Waals surface area contributed by atoms with Crippen LogP contribution in [-0.4, -0.2) is 53.5 Å². The van der Waals surface area contributed by atoms with E-state index in [2.05, 4.69) is 46.4 Å². The molecule has 1 amide bonds. The first-order valence-corrected chi connectivity index (χ1v) is 10.2. The lowest BCUT2D eigenvalue weighted by Gasteiger charge is -2.36. The van der Waals surface area contributed by atoms with Gasteiger partial charge in [-0.15, -0.1) is 0 Å². The van der Waals surface area contributed by atoms with Crippen molar-refractivity contribution in [1.29, 1.82) is 0 Å². The fourth-order valence-corrected chi connectivity index (χ4v) is 4.08. The largest absolute Gasteiger partial charge is 0.492 e. The third-order valence-corrected chi connectivity index (χ3v) is 5.12. The molecule has 1 aliphatic rings. The van der Waals surface area contributed by atoms with Crippen LogP contribution in [0.4, 0.5) is 0 Å². The number of benzene rings is 1. The fourth-order valence-electron chi connectivity index (χ4n) is 4.08. The topological polar surface area (TPSA) is 32.8 Å². The summed E-state index contributed by atoms with van der Waals surface area (Å²) in [5, 5.41) is 0. The van der Waals surface area contributed by atoms with Crippen LogP contribution < -0.4 is 4.74 Å². The third kappa shape index (κ3) is 4.59. The van der Waals surface area contributed by atoms with Gasteiger partial charge in [0.05, 0.1) is 0 Å². The molecule has 0 radical (unpaired) electrons. The molecule has 0 spiro atoms. The smallest absolute Gasteiger partial charge is 0.254 e. The van der Waals surface area contributed by atoms with E-state index in [1.54, 1.807) is 0 Å². The highest BCUT2D eigenvalue weighted by Gasteiger charge is 2.30. The molecule has 26 heavy (non-hydrogen) atoms. The maximum Gasteiger partial charge on any atom is 0.254 e. The quantitative estimate of drug-likeness (QED) is 0.690. The summed E-state index contributed by atoms with van der Waals surface area (Å²) in [6.45, 7) is 15.6. The van der Waals surface area contributed by atoms with Gasteiger partial charge in [0.15, 0.2) is 0 Å². The van der Waals surface area contributed by atoms with E-state index in [1.165, 1.54) is 0 Å². The van der Waals surface area contributed by atoms with Gasteiger partial charge in [-0.3, -0.25) is 9.69 Å². The second kappa shape index (κ2) is 9.40. The second-order valence-electron chi connectivity index (χ2n) is 7.89. The number of carbonyl (C=O) groups excluding carboxylic acids is 1. The van der Waals surface area contributed by atoms with Crippen LogP contribution in [0.2, 0.25) is 0 Å². The minimum absolute atomic E-state index is 0.119. The standard InChI is InChI=1S/C22H36N2O2/c1-7-12-23(13-8-2)18-14-20-19(10-9-11-21(20)26-15-18)22(25)24(16(3)4)17(5)6/h9-11,16-18H,7-8,12-15H2,1-6H3. The van der Waals surface area contributed by atoms with Crippen molar-refractivity contribution in [3.63, 3.8) is 0 Å². The molecule has 0 N–H and O–H groups in total. The third-order valence-electron chi connectivity index (χ3n) is 5.12. The zero-order valence-corrected chi connectivity index (χ0v) is 17.4. The minimum atomic E-state index is 0.119. The van der Waals surface area contributed by atoms with Crippen molar-refractivity contribution in [3.8, 4) is 5.75 Å². The Morgan fingerprint density at radius 1 is 1.12 bits per heavy atom. The molecule has 0 saturated carbocycles. The predicted molar refractivity (Wildman–Crippen MR) is 108 cm³/mol. The maximum absolute atomic E-state index is 13.3. The van der Waals surface area contributed by atoms with Crippen molar-refractivity contribution in [3.05, 3.63) is 29.3 Å². The van der Waals surface area contributed by atoms with E-state index < -0.39 is 0 Å². The number of rotatable bonds is 8. The minimum Gasteiger partial charge on any atom is -0.492 e. The van der Waals surface area contributed by atoms with Gasteiger partial charge in [0.25, 0.3) is 5.91 Å². The van der Waals surface area contributed by atoms with E-state index >= 15 is 0 Å². The lowest BCUT2D eigenvalue weighted by Crippen LogP contribution is -2.45. The van der Waals surface area contributed by atoms with Gasteiger partial charge in [-0.25, -0.2) is 0 Å². The van der Waals surface area contributed by atoms with Gasteiger partial charge in [0.1, 0.15) is 12.4 Å². The summed E-state index contributed by atoms with van der Waals surface area (Å²) in [5.41, 5.74) is 1.89. The Morgan fingerprint density at radius 2 is 1.73 bits per heavy atom. The molecular formula is C22H36N2O2. The number of nitrogens with zero attached hydrogens (tertiary/aromatic N) is 2. The zero-order valence-electron chi connectivity index (χ0n) is 17.4. The molecule has 1 aromatic rings. The summed E-state index contributed by atoms with van der Waals surface area (Å²) in [5.74, 6) is 1.00. The molecule has 4 nitrogen and oxygen atoms in total.